The first-order chi connectivity index (χ1) is 12.8. The minimum Gasteiger partial charge on any atom is -0.507 e. The van der Waals surface area contributed by atoms with Gasteiger partial charge in [-0.2, -0.15) is 5.10 Å². The van der Waals surface area contributed by atoms with E-state index in [0.717, 1.165) is 0 Å². The summed E-state index contributed by atoms with van der Waals surface area (Å²) in [7, 11) is 0. The highest BCUT2D eigenvalue weighted by molar-refractivity contribution is 6.35. The molecule has 0 aliphatic heterocycles. The summed E-state index contributed by atoms with van der Waals surface area (Å²) in [6.07, 6.45) is 0.577. The highest BCUT2D eigenvalue weighted by atomic mass is 35.5. The number of aryl methyl sites for hydroxylation is 1. The summed E-state index contributed by atoms with van der Waals surface area (Å²) in [4.78, 5) is 23.6. The van der Waals surface area contributed by atoms with Crippen LogP contribution in [-0.4, -0.2) is 23.3 Å². The number of nitrogens with one attached hydrogen (secondary N) is 1. The van der Waals surface area contributed by atoms with Gasteiger partial charge in [-0.1, -0.05) is 23.2 Å². The number of carbonyl (C=O) groups excluding carboxylic acids is 1. The van der Waals surface area contributed by atoms with Gasteiger partial charge in [0.05, 0.1) is 17.3 Å². The van der Waals surface area contributed by atoms with Crippen molar-refractivity contribution in [3.05, 3.63) is 56.1 Å². The SMILES string of the molecule is C/C(=N/NC(=O)CCCOc1ccc(Cl)cc1Cl)c1c(O)cc(C)oc1=O. The molecule has 2 rings (SSSR count). The average molecular weight is 413 g/mol. The molecule has 2 aromatic rings. The van der Waals surface area contributed by atoms with Crippen molar-refractivity contribution in [2.75, 3.05) is 6.61 Å². The Kier molecular flexibility index (Phi) is 7.27. The number of hydrogen-bond donors (Lipinski definition) is 2. The Hall–Kier alpha value is -2.51. The van der Waals surface area contributed by atoms with E-state index in [4.69, 9.17) is 32.4 Å². The lowest BCUT2D eigenvalue weighted by atomic mass is 10.2. The molecule has 0 atom stereocenters. The highest BCUT2D eigenvalue weighted by Crippen LogP contribution is 2.27. The van der Waals surface area contributed by atoms with Crippen LogP contribution in [0.5, 0.6) is 11.5 Å². The fourth-order valence-electron chi connectivity index (χ4n) is 2.19. The molecular weight excluding hydrogens is 395 g/mol. The van der Waals surface area contributed by atoms with Crippen molar-refractivity contribution in [2.24, 2.45) is 5.10 Å². The molecule has 1 aromatic heterocycles. The Bertz CT molecular complexity index is 924. The van der Waals surface area contributed by atoms with Crippen LogP contribution in [-0.2, 0) is 4.79 Å². The van der Waals surface area contributed by atoms with Crippen LogP contribution < -0.4 is 15.8 Å². The molecule has 0 aliphatic rings. The number of ether oxygens (including phenoxy) is 1. The van der Waals surface area contributed by atoms with Crippen molar-refractivity contribution in [1.29, 1.82) is 0 Å². The maximum atomic E-state index is 11.8. The second-order valence-electron chi connectivity index (χ2n) is 5.66. The molecule has 0 spiro atoms. The summed E-state index contributed by atoms with van der Waals surface area (Å²) in [5.74, 6) is 0.138. The zero-order chi connectivity index (χ0) is 20.0. The third kappa shape index (κ3) is 6.01. The van der Waals surface area contributed by atoms with Gasteiger partial charge in [0.1, 0.15) is 22.8 Å². The molecule has 144 valence electrons. The number of amides is 1. The fourth-order valence-corrected chi connectivity index (χ4v) is 2.66. The van der Waals surface area contributed by atoms with Crippen molar-refractivity contribution in [3.8, 4) is 11.5 Å². The molecule has 0 unspecified atom stereocenters. The smallest absolute Gasteiger partial charge is 0.348 e. The van der Waals surface area contributed by atoms with Gasteiger partial charge >= 0.3 is 5.63 Å². The molecule has 9 heteroatoms. The van der Waals surface area contributed by atoms with Crippen molar-refractivity contribution >= 4 is 34.8 Å². The van der Waals surface area contributed by atoms with Gasteiger partial charge in [-0.05, 0) is 38.5 Å². The summed E-state index contributed by atoms with van der Waals surface area (Å²) in [6, 6.07) is 6.18. The first-order valence-electron chi connectivity index (χ1n) is 8.03. The van der Waals surface area contributed by atoms with E-state index in [9.17, 15) is 14.7 Å². The Balaban J connectivity index is 1.84. The number of hydrazone groups is 1. The second-order valence-corrected chi connectivity index (χ2v) is 6.51. The number of aromatic hydroxyl groups is 1. The van der Waals surface area contributed by atoms with Crippen LogP contribution in [0.3, 0.4) is 0 Å². The van der Waals surface area contributed by atoms with Gasteiger partial charge in [0.25, 0.3) is 0 Å². The Labute approximate surface area is 165 Å². The van der Waals surface area contributed by atoms with E-state index < -0.39 is 5.63 Å². The molecule has 0 saturated heterocycles. The Morgan fingerprint density at radius 3 is 2.74 bits per heavy atom. The molecule has 7 nitrogen and oxygen atoms in total. The van der Waals surface area contributed by atoms with Crippen molar-refractivity contribution in [2.45, 2.75) is 26.7 Å². The number of hydrogen-bond acceptors (Lipinski definition) is 6. The predicted octanol–water partition coefficient (Wildman–Crippen LogP) is 3.66. The van der Waals surface area contributed by atoms with Gasteiger partial charge < -0.3 is 14.3 Å². The first-order valence-corrected chi connectivity index (χ1v) is 8.78. The highest BCUT2D eigenvalue weighted by Gasteiger charge is 2.13. The van der Waals surface area contributed by atoms with E-state index in [1.54, 1.807) is 25.1 Å². The number of nitrogens with zero attached hydrogens (tertiary/aromatic N) is 1. The van der Waals surface area contributed by atoms with Crippen LogP contribution in [0.25, 0.3) is 0 Å². The van der Waals surface area contributed by atoms with Gasteiger partial charge in [0.2, 0.25) is 5.91 Å². The number of rotatable bonds is 7. The molecule has 0 aliphatic carbocycles. The van der Waals surface area contributed by atoms with E-state index in [-0.39, 0.29) is 41.7 Å². The van der Waals surface area contributed by atoms with E-state index >= 15 is 0 Å². The largest absolute Gasteiger partial charge is 0.507 e. The molecular formula is C18H18Cl2N2O5. The Morgan fingerprint density at radius 2 is 2.07 bits per heavy atom. The van der Waals surface area contributed by atoms with Crippen LogP contribution in [0.15, 0.2) is 38.6 Å². The van der Waals surface area contributed by atoms with Gasteiger partial charge in [-0.15, -0.1) is 0 Å². The van der Waals surface area contributed by atoms with Crippen LogP contribution in [0.2, 0.25) is 10.0 Å². The second kappa shape index (κ2) is 9.43. The van der Waals surface area contributed by atoms with E-state index in [1.807, 2.05) is 0 Å². The van der Waals surface area contributed by atoms with Crippen LogP contribution in [0.1, 0.15) is 31.1 Å². The van der Waals surface area contributed by atoms with E-state index in [2.05, 4.69) is 10.5 Å². The molecule has 27 heavy (non-hydrogen) atoms. The molecule has 0 saturated carbocycles. The minimum atomic E-state index is -0.726. The summed E-state index contributed by atoms with van der Waals surface area (Å²) in [5, 5.41) is 14.6. The lowest BCUT2D eigenvalue weighted by Crippen LogP contribution is -2.22. The van der Waals surface area contributed by atoms with Crippen molar-refractivity contribution < 1.29 is 19.1 Å². The zero-order valence-electron chi connectivity index (χ0n) is 14.7. The van der Waals surface area contributed by atoms with Crippen LogP contribution in [0.4, 0.5) is 0 Å². The van der Waals surface area contributed by atoms with Crippen molar-refractivity contribution in [3.63, 3.8) is 0 Å². The van der Waals surface area contributed by atoms with E-state index in [0.29, 0.717) is 22.2 Å². The van der Waals surface area contributed by atoms with Crippen LogP contribution >= 0.6 is 23.2 Å². The lowest BCUT2D eigenvalue weighted by Gasteiger charge is -2.08. The standard InChI is InChI=1S/C18H18Cl2N2O5/c1-10-8-14(23)17(18(25)27-10)11(2)21-22-16(24)4-3-7-26-15-6-5-12(19)9-13(15)20/h5-6,8-9,23H,3-4,7H2,1-2H3,(H,22,24)/b21-11-. The average Bonchev–Trinajstić information content (AvgIpc) is 2.57. The zero-order valence-corrected chi connectivity index (χ0v) is 16.2. The number of benzene rings is 1. The minimum absolute atomic E-state index is 0.0957. The van der Waals surface area contributed by atoms with Gasteiger partial charge in [-0.25, -0.2) is 10.2 Å². The fraction of sp³-hybridized carbons (Fsp3) is 0.278. The molecule has 0 radical (unpaired) electrons. The molecule has 0 bridgehead atoms. The summed E-state index contributed by atoms with van der Waals surface area (Å²) < 4.78 is 10.4. The van der Waals surface area contributed by atoms with E-state index in [1.165, 1.54) is 13.0 Å². The summed E-state index contributed by atoms with van der Waals surface area (Å²) in [5.41, 5.74) is 1.64. The lowest BCUT2D eigenvalue weighted by molar-refractivity contribution is -0.121. The summed E-state index contributed by atoms with van der Waals surface area (Å²) in [6.45, 7) is 3.30. The van der Waals surface area contributed by atoms with Gasteiger partial charge in [0, 0.05) is 17.5 Å². The van der Waals surface area contributed by atoms with Crippen molar-refractivity contribution in [1.82, 2.24) is 5.43 Å². The maximum absolute atomic E-state index is 11.8. The van der Waals surface area contributed by atoms with Gasteiger partial charge in [0.15, 0.2) is 0 Å². The molecule has 2 N–H and O–H groups in total. The normalized spacial score (nSPS) is 11.3. The quantitative estimate of drug-likeness (QED) is 0.410. The van der Waals surface area contributed by atoms with Gasteiger partial charge in [-0.3, -0.25) is 4.79 Å². The van der Waals surface area contributed by atoms with Crippen LogP contribution in [0, 0.1) is 6.92 Å². The topological polar surface area (TPSA) is 101 Å². The predicted molar refractivity (Wildman–Crippen MR) is 103 cm³/mol. The monoisotopic (exact) mass is 412 g/mol. The molecule has 1 aromatic carbocycles. The first kappa shape index (κ1) is 20.8. The third-order valence-corrected chi connectivity index (χ3v) is 3.99. The molecule has 1 amide bonds. The number of halogens is 2. The number of carbonyl (C=O) groups is 1. The molecule has 1 heterocycles. The third-order valence-electron chi connectivity index (χ3n) is 3.46. The molecule has 0 fully saturated rings. The Morgan fingerprint density at radius 1 is 1.33 bits per heavy atom. The maximum Gasteiger partial charge on any atom is 0.348 e. The summed E-state index contributed by atoms with van der Waals surface area (Å²) >= 11 is 11.8.